The lowest BCUT2D eigenvalue weighted by Crippen LogP contribution is -2.40. The van der Waals surface area contributed by atoms with E-state index < -0.39 is 0 Å². The molecule has 4 nitrogen and oxygen atoms in total. The summed E-state index contributed by atoms with van der Waals surface area (Å²) < 4.78 is 5.54. The van der Waals surface area contributed by atoms with Crippen LogP contribution in [0.1, 0.15) is 40.5 Å². The molecule has 0 N–H and O–H groups in total. The maximum atomic E-state index is 12.7. The van der Waals surface area contributed by atoms with E-state index >= 15 is 0 Å². The predicted octanol–water partition coefficient (Wildman–Crippen LogP) is 3.25. The summed E-state index contributed by atoms with van der Waals surface area (Å²) in [5.41, 5.74) is 1.08. The van der Waals surface area contributed by atoms with Crippen LogP contribution in [0.2, 0.25) is 0 Å². The summed E-state index contributed by atoms with van der Waals surface area (Å²) in [7, 11) is 0. The molecule has 116 valence electrons. The minimum Gasteiger partial charge on any atom is -0.480 e. The molecule has 0 fully saturated rings. The van der Waals surface area contributed by atoms with Crippen molar-refractivity contribution in [1.82, 2.24) is 4.90 Å². The maximum Gasteiger partial charge on any atom is 0.261 e. The Morgan fingerprint density at radius 2 is 1.87 bits per heavy atom. The molecule has 0 unspecified atom stereocenters. The smallest absolute Gasteiger partial charge is 0.261 e. The van der Waals surface area contributed by atoms with Gasteiger partial charge >= 0.3 is 0 Å². The largest absolute Gasteiger partial charge is 0.480 e. The van der Waals surface area contributed by atoms with Crippen molar-refractivity contribution in [1.29, 1.82) is 0 Å². The fraction of sp³-hybridized carbons (Fsp3) is 0.263. The molecule has 0 bridgehead atoms. The highest BCUT2D eigenvalue weighted by Crippen LogP contribution is 2.35. The first-order chi connectivity index (χ1) is 11.2. The second kappa shape index (κ2) is 6.13. The fourth-order valence-electron chi connectivity index (χ4n) is 2.88. The van der Waals surface area contributed by atoms with Gasteiger partial charge in [-0.3, -0.25) is 14.5 Å². The molecule has 3 rings (SSSR count). The van der Waals surface area contributed by atoms with Gasteiger partial charge in [-0.1, -0.05) is 31.4 Å². The lowest BCUT2D eigenvalue weighted by Gasteiger charge is -2.27. The highest BCUT2D eigenvalue weighted by molar-refractivity contribution is 6.26. The van der Waals surface area contributed by atoms with Crippen LogP contribution >= 0.6 is 0 Å². The number of carbonyl (C=O) groups excluding carboxylic acids is 2. The zero-order valence-electron chi connectivity index (χ0n) is 13.0. The normalized spacial score (nSPS) is 13.3. The van der Waals surface area contributed by atoms with Gasteiger partial charge in [0.25, 0.3) is 11.8 Å². The molecule has 4 heteroatoms. The molecule has 1 heterocycles. The van der Waals surface area contributed by atoms with E-state index in [0.717, 1.165) is 18.2 Å². The van der Waals surface area contributed by atoms with Gasteiger partial charge in [0.05, 0.1) is 0 Å². The van der Waals surface area contributed by atoms with E-state index in [9.17, 15) is 9.59 Å². The molecular weight excluding hydrogens is 290 g/mol. The first-order valence-corrected chi connectivity index (χ1v) is 7.67. The molecule has 1 aliphatic rings. The molecule has 0 atom stereocenters. The van der Waals surface area contributed by atoms with E-state index in [1.54, 1.807) is 24.3 Å². The first kappa shape index (κ1) is 15.1. The Morgan fingerprint density at radius 1 is 1.13 bits per heavy atom. The minimum absolute atomic E-state index is 0.142. The van der Waals surface area contributed by atoms with Gasteiger partial charge in [0, 0.05) is 28.4 Å². The highest BCUT2D eigenvalue weighted by atomic mass is 16.5. The summed E-state index contributed by atoms with van der Waals surface area (Å²) in [6.45, 7) is 2.62. The summed E-state index contributed by atoms with van der Waals surface area (Å²) in [5.74, 6) is 2.53. The van der Waals surface area contributed by atoms with Crippen LogP contribution in [0.3, 0.4) is 0 Å². The SMILES string of the molecule is C#CCOc1ccc2c3c(cccc13)C(=O)N(CCCC)C2=O. The van der Waals surface area contributed by atoms with E-state index in [0.29, 0.717) is 28.8 Å². The van der Waals surface area contributed by atoms with Crippen molar-refractivity contribution in [3.63, 3.8) is 0 Å². The second-order valence-corrected chi connectivity index (χ2v) is 5.45. The predicted molar refractivity (Wildman–Crippen MR) is 88.6 cm³/mol. The summed E-state index contributed by atoms with van der Waals surface area (Å²) in [6.07, 6.45) is 6.96. The van der Waals surface area contributed by atoms with Crippen molar-refractivity contribution >= 4 is 22.6 Å². The third-order valence-electron chi connectivity index (χ3n) is 4.00. The standard InChI is InChI=1S/C19H17NO3/c1-3-5-11-20-18(21)14-8-6-7-13-16(23-12-4-2)10-9-15(17(13)14)19(20)22/h2,6-10H,3,5,11-12H2,1H3. The number of nitrogens with zero attached hydrogens (tertiary/aromatic N) is 1. The van der Waals surface area contributed by atoms with Crippen LogP contribution in [0.5, 0.6) is 5.75 Å². The molecule has 0 aromatic heterocycles. The summed E-state index contributed by atoms with van der Waals surface area (Å²) in [5, 5.41) is 1.40. The Morgan fingerprint density at radius 3 is 2.57 bits per heavy atom. The molecule has 1 aliphatic heterocycles. The number of carbonyl (C=O) groups is 2. The van der Waals surface area contributed by atoms with Crippen LogP contribution in [0, 0.1) is 12.3 Å². The molecule has 23 heavy (non-hydrogen) atoms. The highest BCUT2D eigenvalue weighted by Gasteiger charge is 2.32. The number of rotatable bonds is 5. The lowest BCUT2D eigenvalue weighted by atomic mass is 9.93. The molecule has 2 amide bonds. The number of amides is 2. The maximum absolute atomic E-state index is 12.7. The third-order valence-corrected chi connectivity index (χ3v) is 4.00. The Labute approximate surface area is 135 Å². The van der Waals surface area contributed by atoms with E-state index in [2.05, 4.69) is 5.92 Å². The van der Waals surface area contributed by atoms with Crippen molar-refractivity contribution in [2.75, 3.05) is 13.2 Å². The topological polar surface area (TPSA) is 46.6 Å². The zero-order chi connectivity index (χ0) is 16.4. The number of unbranched alkanes of at least 4 members (excludes halogenated alkanes) is 1. The van der Waals surface area contributed by atoms with Gasteiger partial charge in [-0.05, 0) is 24.6 Å². The van der Waals surface area contributed by atoms with Crippen LogP contribution in [0.25, 0.3) is 10.8 Å². The Balaban J connectivity index is 2.15. The van der Waals surface area contributed by atoms with Gasteiger partial charge in [0.1, 0.15) is 12.4 Å². The molecule has 0 radical (unpaired) electrons. The number of terminal acetylenes is 1. The van der Waals surface area contributed by atoms with Crippen molar-refractivity contribution in [3.05, 3.63) is 41.5 Å². The molecule has 0 aliphatic carbocycles. The zero-order valence-corrected chi connectivity index (χ0v) is 13.0. The lowest BCUT2D eigenvalue weighted by molar-refractivity contribution is 0.0608. The van der Waals surface area contributed by atoms with Crippen molar-refractivity contribution < 1.29 is 14.3 Å². The van der Waals surface area contributed by atoms with Crippen LogP contribution in [0.4, 0.5) is 0 Å². The van der Waals surface area contributed by atoms with Crippen molar-refractivity contribution in [2.24, 2.45) is 0 Å². The Kier molecular flexibility index (Phi) is 4.03. The molecule has 2 aromatic rings. The molecule has 2 aromatic carbocycles. The van der Waals surface area contributed by atoms with E-state index in [-0.39, 0.29) is 18.4 Å². The van der Waals surface area contributed by atoms with Gasteiger partial charge in [-0.15, -0.1) is 6.42 Å². The summed E-state index contributed by atoms with van der Waals surface area (Å²) >= 11 is 0. The minimum atomic E-state index is -0.240. The van der Waals surface area contributed by atoms with Crippen LogP contribution in [-0.2, 0) is 0 Å². The second-order valence-electron chi connectivity index (χ2n) is 5.45. The molecular formula is C19H17NO3. The number of hydrogen-bond donors (Lipinski definition) is 0. The Hall–Kier alpha value is -2.80. The average molecular weight is 307 g/mol. The van der Waals surface area contributed by atoms with Crippen molar-refractivity contribution in [2.45, 2.75) is 19.8 Å². The van der Waals surface area contributed by atoms with E-state index in [1.807, 2.05) is 13.0 Å². The summed E-state index contributed by atoms with van der Waals surface area (Å²) in [6, 6.07) is 8.85. The molecule has 0 saturated carbocycles. The van der Waals surface area contributed by atoms with E-state index in [1.165, 1.54) is 4.90 Å². The molecule has 0 spiro atoms. The average Bonchev–Trinajstić information content (AvgIpc) is 2.58. The number of imide groups is 1. The van der Waals surface area contributed by atoms with Crippen LogP contribution < -0.4 is 4.74 Å². The quantitative estimate of drug-likeness (QED) is 0.629. The molecule has 0 saturated heterocycles. The fourth-order valence-corrected chi connectivity index (χ4v) is 2.88. The van der Waals surface area contributed by atoms with Gasteiger partial charge in [0.2, 0.25) is 0 Å². The third kappa shape index (κ3) is 2.44. The van der Waals surface area contributed by atoms with Crippen LogP contribution in [0.15, 0.2) is 30.3 Å². The van der Waals surface area contributed by atoms with Gasteiger partial charge in [-0.2, -0.15) is 0 Å². The monoisotopic (exact) mass is 307 g/mol. The first-order valence-electron chi connectivity index (χ1n) is 7.67. The van der Waals surface area contributed by atoms with Gasteiger partial charge in [0.15, 0.2) is 0 Å². The Bertz CT molecular complexity index is 810. The number of hydrogen-bond acceptors (Lipinski definition) is 3. The van der Waals surface area contributed by atoms with Crippen molar-refractivity contribution in [3.8, 4) is 18.1 Å². The van der Waals surface area contributed by atoms with Gasteiger partial charge < -0.3 is 4.74 Å². The van der Waals surface area contributed by atoms with E-state index in [4.69, 9.17) is 11.2 Å². The number of benzene rings is 2. The number of ether oxygens (including phenoxy) is 1. The summed E-state index contributed by atoms with van der Waals surface area (Å²) in [4.78, 5) is 26.7. The van der Waals surface area contributed by atoms with Gasteiger partial charge in [-0.25, -0.2) is 0 Å². The van der Waals surface area contributed by atoms with Crippen LogP contribution in [-0.4, -0.2) is 29.9 Å².